The summed E-state index contributed by atoms with van der Waals surface area (Å²) in [5, 5.41) is -0.177. The molecule has 35 heavy (non-hydrogen) atoms. The van der Waals surface area contributed by atoms with Crippen molar-refractivity contribution < 1.29 is 36.6 Å². The van der Waals surface area contributed by atoms with Crippen LogP contribution in [-0.2, 0) is 6.18 Å². The first-order chi connectivity index (χ1) is 16.6. The van der Waals surface area contributed by atoms with Crippen LogP contribution in [0.5, 0.6) is 17.2 Å². The first-order valence-corrected chi connectivity index (χ1v) is 10.4. The third kappa shape index (κ3) is 4.67. The molecule has 0 radical (unpaired) electrons. The average Bonchev–Trinajstić information content (AvgIpc) is 2.83. The van der Waals surface area contributed by atoms with Gasteiger partial charge in [-0.1, -0.05) is 29.8 Å². The molecule has 0 saturated heterocycles. The summed E-state index contributed by atoms with van der Waals surface area (Å²) in [5.74, 6) is -1.76. The first-order valence-electron chi connectivity index (χ1n) is 10.0. The molecule has 1 heterocycles. The molecule has 0 bridgehead atoms. The van der Waals surface area contributed by atoms with Crippen molar-refractivity contribution in [2.45, 2.75) is 6.18 Å². The van der Waals surface area contributed by atoms with Crippen molar-refractivity contribution in [1.29, 1.82) is 0 Å². The van der Waals surface area contributed by atoms with E-state index in [1.165, 1.54) is 68.8 Å². The van der Waals surface area contributed by atoms with Crippen LogP contribution in [-0.4, -0.2) is 20.2 Å². The van der Waals surface area contributed by atoms with Crippen molar-refractivity contribution in [3.05, 3.63) is 87.2 Å². The number of carbonyl (C=O) groups excluding carboxylic acids is 1. The summed E-state index contributed by atoms with van der Waals surface area (Å²) >= 11 is 6.06. The van der Waals surface area contributed by atoms with E-state index in [1.807, 2.05) is 0 Å². The van der Waals surface area contributed by atoms with Crippen LogP contribution in [0.2, 0.25) is 5.02 Å². The van der Waals surface area contributed by atoms with Gasteiger partial charge in [-0.05, 0) is 36.4 Å². The molecule has 0 aliphatic heterocycles. The van der Waals surface area contributed by atoms with Crippen molar-refractivity contribution in [3.8, 4) is 28.4 Å². The van der Waals surface area contributed by atoms with E-state index in [9.17, 15) is 22.8 Å². The highest BCUT2D eigenvalue weighted by Gasteiger charge is 2.39. The summed E-state index contributed by atoms with van der Waals surface area (Å²) in [6, 6.07) is 13.5. The van der Waals surface area contributed by atoms with Gasteiger partial charge in [0, 0.05) is 16.7 Å². The van der Waals surface area contributed by atoms with Gasteiger partial charge in [-0.3, -0.25) is 4.79 Å². The lowest BCUT2D eigenvalue weighted by Crippen LogP contribution is -2.16. The molecule has 3 aromatic carbocycles. The van der Waals surface area contributed by atoms with Crippen molar-refractivity contribution in [3.63, 3.8) is 0 Å². The number of hydrogen-bond acceptors (Lipinski definition) is 6. The molecule has 6 nitrogen and oxygen atoms in total. The van der Waals surface area contributed by atoms with Gasteiger partial charge < -0.3 is 18.6 Å². The Labute approximate surface area is 201 Å². The summed E-state index contributed by atoms with van der Waals surface area (Å²) in [6.07, 6.45) is -4.99. The van der Waals surface area contributed by atoms with E-state index in [0.717, 1.165) is 6.07 Å². The van der Waals surface area contributed by atoms with Gasteiger partial charge in [-0.25, -0.2) is 4.79 Å². The van der Waals surface area contributed by atoms with Gasteiger partial charge in [0.05, 0.1) is 30.7 Å². The Kier molecular flexibility index (Phi) is 6.45. The van der Waals surface area contributed by atoms with Crippen LogP contribution in [0.3, 0.4) is 0 Å². The van der Waals surface area contributed by atoms with Crippen LogP contribution >= 0.6 is 11.6 Å². The summed E-state index contributed by atoms with van der Waals surface area (Å²) in [7, 11) is 2.83. The van der Waals surface area contributed by atoms with Crippen LogP contribution < -0.4 is 19.6 Å². The molecular formula is C25H16ClF3O6. The van der Waals surface area contributed by atoms with Gasteiger partial charge in [0.25, 0.3) is 0 Å². The average molecular weight is 505 g/mol. The van der Waals surface area contributed by atoms with Crippen LogP contribution in [0.4, 0.5) is 13.2 Å². The number of fused-ring (bicyclic) bond motifs is 1. The molecule has 0 spiro atoms. The topological polar surface area (TPSA) is 75.0 Å². The number of ether oxygens (including phenoxy) is 3. The smallest absolute Gasteiger partial charge is 0.450 e. The van der Waals surface area contributed by atoms with Crippen molar-refractivity contribution in [2.24, 2.45) is 0 Å². The van der Waals surface area contributed by atoms with E-state index in [0.29, 0.717) is 5.75 Å². The third-order valence-electron chi connectivity index (χ3n) is 5.09. The van der Waals surface area contributed by atoms with Crippen molar-refractivity contribution in [2.75, 3.05) is 14.2 Å². The summed E-state index contributed by atoms with van der Waals surface area (Å²) < 4.78 is 62.2. The zero-order valence-corrected chi connectivity index (χ0v) is 19.0. The number of esters is 1. The van der Waals surface area contributed by atoms with E-state index < -0.39 is 34.5 Å². The van der Waals surface area contributed by atoms with Gasteiger partial charge in [-0.15, -0.1) is 0 Å². The predicted octanol–water partition coefficient (Wildman–Crippen LogP) is 6.37. The minimum Gasteiger partial charge on any atom is -0.493 e. The van der Waals surface area contributed by atoms with Gasteiger partial charge in [-0.2, -0.15) is 13.2 Å². The van der Waals surface area contributed by atoms with Crippen LogP contribution in [0.15, 0.2) is 69.9 Å². The lowest BCUT2D eigenvalue weighted by molar-refractivity contribution is -0.152. The molecule has 0 aliphatic carbocycles. The third-order valence-corrected chi connectivity index (χ3v) is 5.42. The molecule has 4 aromatic rings. The van der Waals surface area contributed by atoms with Gasteiger partial charge in [0.1, 0.15) is 11.3 Å². The highest BCUT2D eigenvalue weighted by Crippen LogP contribution is 2.39. The highest BCUT2D eigenvalue weighted by molar-refractivity contribution is 6.33. The van der Waals surface area contributed by atoms with E-state index >= 15 is 0 Å². The molecule has 0 aliphatic rings. The second-order valence-electron chi connectivity index (χ2n) is 7.23. The summed E-state index contributed by atoms with van der Waals surface area (Å²) in [4.78, 5) is 25.7. The molecule has 4 rings (SSSR count). The zero-order valence-electron chi connectivity index (χ0n) is 18.2. The van der Waals surface area contributed by atoms with Gasteiger partial charge >= 0.3 is 12.1 Å². The number of rotatable bonds is 5. The van der Waals surface area contributed by atoms with E-state index in [-0.39, 0.29) is 33.0 Å². The largest absolute Gasteiger partial charge is 0.493 e. The molecule has 0 N–H and O–H groups in total. The van der Waals surface area contributed by atoms with Crippen LogP contribution in [0.25, 0.3) is 22.1 Å². The maximum Gasteiger partial charge on any atom is 0.450 e. The van der Waals surface area contributed by atoms with Crippen molar-refractivity contribution >= 4 is 28.5 Å². The second kappa shape index (κ2) is 9.34. The number of methoxy groups -OCH3 is 2. The number of benzene rings is 3. The molecular weight excluding hydrogens is 489 g/mol. The molecule has 0 atom stereocenters. The first kappa shape index (κ1) is 24.2. The number of hydrogen-bond donors (Lipinski definition) is 0. The maximum absolute atomic E-state index is 13.9. The Hall–Kier alpha value is -3.98. The fourth-order valence-electron chi connectivity index (χ4n) is 3.47. The quantitative estimate of drug-likeness (QED) is 0.232. The number of alkyl halides is 3. The normalized spacial score (nSPS) is 11.4. The zero-order chi connectivity index (χ0) is 25.3. The molecule has 0 unspecified atom stereocenters. The Morgan fingerprint density at radius 3 is 2.31 bits per heavy atom. The lowest BCUT2D eigenvalue weighted by atomic mass is 10.0. The van der Waals surface area contributed by atoms with E-state index in [2.05, 4.69) is 0 Å². The fraction of sp³-hybridized carbons (Fsp3) is 0.120. The van der Waals surface area contributed by atoms with E-state index in [4.69, 9.17) is 30.2 Å². The van der Waals surface area contributed by atoms with Gasteiger partial charge in [0.15, 0.2) is 11.5 Å². The van der Waals surface area contributed by atoms with E-state index in [1.54, 1.807) is 0 Å². The molecule has 1 aromatic heterocycles. The van der Waals surface area contributed by atoms with Crippen LogP contribution in [0.1, 0.15) is 16.1 Å². The molecule has 10 heteroatoms. The SMILES string of the molecule is COc1ccc(C(=O)Oc2ccc3c(=O)c(-c4ccccc4Cl)c(C(F)(F)F)oc3c2)cc1OC. The molecule has 180 valence electrons. The summed E-state index contributed by atoms with van der Waals surface area (Å²) in [5.41, 5.74) is -2.04. The Balaban J connectivity index is 1.78. The molecule has 0 amide bonds. The lowest BCUT2D eigenvalue weighted by Gasteiger charge is -2.14. The maximum atomic E-state index is 13.9. The van der Waals surface area contributed by atoms with Gasteiger partial charge in [0.2, 0.25) is 11.2 Å². The minimum atomic E-state index is -4.99. The minimum absolute atomic E-state index is 0.0369. The predicted molar refractivity (Wildman–Crippen MR) is 122 cm³/mol. The van der Waals surface area contributed by atoms with Crippen LogP contribution in [0, 0.1) is 0 Å². The molecule has 0 saturated carbocycles. The Morgan fingerprint density at radius 2 is 1.66 bits per heavy atom. The Morgan fingerprint density at radius 1 is 0.943 bits per heavy atom. The monoisotopic (exact) mass is 504 g/mol. The summed E-state index contributed by atoms with van der Waals surface area (Å²) in [6.45, 7) is 0. The number of halogens is 4. The second-order valence-corrected chi connectivity index (χ2v) is 7.64. The Bertz CT molecular complexity index is 1490. The fourth-order valence-corrected chi connectivity index (χ4v) is 3.70. The number of carbonyl (C=O) groups is 1. The van der Waals surface area contributed by atoms with Crippen molar-refractivity contribution in [1.82, 2.24) is 0 Å². The standard InChI is InChI=1S/C25H16ClF3O6/c1-32-18-10-7-13(11-20(18)33-2)24(31)34-14-8-9-16-19(12-14)35-23(25(27,28)29)21(22(16)30)15-5-3-4-6-17(15)26/h3-12H,1-2H3. The highest BCUT2D eigenvalue weighted by atomic mass is 35.5. The molecule has 0 fully saturated rings.